The van der Waals surface area contributed by atoms with Crippen molar-refractivity contribution in [3.8, 4) is 0 Å². The van der Waals surface area contributed by atoms with Crippen LogP contribution in [0, 0.1) is 12.7 Å². The van der Waals surface area contributed by atoms with Crippen LogP contribution in [0.2, 0.25) is 0 Å². The van der Waals surface area contributed by atoms with Gasteiger partial charge in [-0.25, -0.2) is 4.39 Å². The standard InChI is InChI=1S/C14H8Br3FO/c1-7-4-12(17)10(6-11(7)16)14(19)9-3-2-8(15)5-13(9)18/h2-6H,1H3. The molecule has 0 unspecified atom stereocenters. The van der Waals surface area contributed by atoms with Crippen LogP contribution in [0.25, 0.3) is 0 Å². The number of benzene rings is 2. The Kier molecular flexibility index (Phi) is 4.58. The fourth-order valence-electron chi connectivity index (χ4n) is 1.64. The zero-order chi connectivity index (χ0) is 14.2. The maximum atomic E-state index is 13.8. The molecule has 2 aromatic carbocycles. The van der Waals surface area contributed by atoms with Gasteiger partial charge in [0.25, 0.3) is 0 Å². The summed E-state index contributed by atoms with van der Waals surface area (Å²) < 4.78 is 15.9. The molecule has 5 heteroatoms. The predicted molar refractivity (Wildman–Crippen MR) is 84.1 cm³/mol. The molecule has 0 atom stereocenters. The number of carbonyl (C=O) groups excluding carboxylic acids is 1. The summed E-state index contributed by atoms with van der Waals surface area (Å²) in [5, 5.41) is 0. The third kappa shape index (κ3) is 3.15. The number of carbonyl (C=O) groups is 1. The second kappa shape index (κ2) is 5.85. The lowest BCUT2D eigenvalue weighted by Gasteiger charge is -2.08. The normalized spacial score (nSPS) is 10.6. The molecule has 0 amide bonds. The average molecular weight is 451 g/mol. The first-order valence-corrected chi connectivity index (χ1v) is 7.73. The molecule has 0 bridgehead atoms. The van der Waals surface area contributed by atoms with Crippen molar-refractivity contribution in [2.45, 2.75) is 6.92 Å². The van der Waals surface area contributed by atoms with E-state index in [9.17, 15) is 9.18 Å². The summed E-state index contributed by atoms with van der Waals surface area (Å²) in [7, 11) is 0. The molecule has 0 radical (unpaired) electrons. The number of rotatable bonds is 2. The molecule has 0 aromatic heterocycles. The van der Waals surface area contributed by atoms with Gasteiger partial charge in [0, 0.05) is 19.0 Å². The van der Waals surface area contributed by atoms with Gasteiger partial charge in [0.1, 0.15) is 5.82 Å². The van der Waals surface area contributed by atoms with Crippen molar-refractivity contribution < 1.29 is 9.18 Å². The Labute approximate surface area is 135 Å². The maximum Gasteiger partial charge on any atom is 0.197 e. The predicted octanol–water partition coefficient (Wildman–Crippen LogP) is 5.65. The molecule has 2 rings (SSSR count). The van der Waals surface area contributed by atoms with Gasteiger partial charge in [0.05, 0.1) is 5.56 Å². The van der Waals surface area contributed by atoms with E-state index in [0.717, 1.165) is 10.0 Å². The van der Waals surface area contributed by atoms with Gasteiger partial charge in [-0.15, -0.1) is 0 Å². The summed E-state index contributed by atoms with van der Waals surface area (Å²) in [4.78, 5) is 12.4. The van der Waals surface area contributed by atoms with Crippen molar-refractivity contribution >= 4 is 53.6 Å². The van der Waals surface area contributed by atoms with E-state index >= 15 is 0 Å². The van der Waals surface area contributed by atoms with Crippen LogP contribution in [0.1, 0.15) is 21.5 Å². The first kappa shape index (κ1) is 14.9. The minimum atomic E-state index is -0.539. The molecule has 0 spiro atoms. The highest BCUT2D eigenvalue weighted by Crippen LogP contribution is 2.28. The van der Waals surface area contributed by atoms with E-state index in [0.29, 0.717) is 14.5 Å². The summed E-state index contributed by atoms with van der Waals surface area (Å²) in [6.07, 6.45) is 0. The van der Waals surface area contributed by atoms with Gasteiger partial charge in [-0.2, -0.15) is 0 Å². The van der Waals surface area contributed by atoms with Crippen molar-refractivity contribution in [2.75, 3.05) is 0 Å². The highest BCUT2D eigenvalue weighted by atomic mass is 79.9. The monoisotopic (exact) mass is 448 g/mol. The van der Waals surface area contributed by atoms with Gasteiger partial charge in [0.15, 0.2) is 5.78 Å². The zero-order valence-electron chi connectivity index (χ0n) is 9.81. The van der Waals surface area contributed by atoms with Crippen LogP contribution < -0.4 is 0 Å². The van der Waals surface area contributed by atoms with Crippen molar-refractivity contribution in [3.05, 3.63) is 66.3 Å². The van der Waals surface area contributed by atoms with Crippen molar-refractivity contribution in [3.63, 3.8) is 0 Å². The van der Waals surface area contributed by atoms with Crippen molar-refractivity contribution in [1.29, 1.82) is 0 Å². The molecule has 0 aliphatic carbocycles. The van der Waals surface area contributed by atoms with E-state index in [1.807, 2.05) is 13.0 Å². The summed E-state index contributed by atoms with van der Waals surface area (Å²) in [5.74, 6) is -0.888. The summed E-state index contributed by atoms with van der Waals surface area (Å²) >= 11 is 9.89. The summed E-state index contributed by atoms with van der Waals surface area (Å²) in [6, 6.07) is 7.93. The second-order valence-electron chi connectivity index (χ2n) is 4.03. The summed E-state index contributed by atoms with van der Waals surface area (Å²) in [5.41, 5.74) is 1.48. The van der Waals surface area contributed by atoms with Gasteiger partial charge in [-0.1, -0.05) is 47.8 Å². The zero-order valence-corrected chi connectivity index (χ0v) is 14.6. The Morgan fingerprint density at radius 3 is 2.32 bits per heavy atom. The van der Waals surface area contributed by atoms with E-state index in [1.54, 1.807) is 12.1 Å². The molecule has 0 aliphatic heterocycles. The van der Waals surface area contributed by atoms with Crippen LogP contribution in [0.4, 0.5) is 4.39 Å². The Bertz CT molecular complexity index is 668. The fraction of sp³-hybridized carbons (Fsp3) is 0.0714. The van der Waals surface area contributed by atoms with Crippen LogP contribution in [0.3, 0.4) is 0 Å². The summed E-state index contributed by atoms with van der Waals surface area (Å²) in [6.45, 7) is 1.92. The van der Waals surface area contributed by atoms with E-state index in [-0.39, 0.29) is 11.3 Å². The SMILES string of the molecule is Cc1cc(Br)c(C(=O)c2ccc(Br)cc2F)cc1Br. The van der Waals surface area contributed by atoms with Crippen molar-refractivity contribution in [2.24, 2.45) is 0 Å². The fourth-order valence-corrected chi connectivity index (χ4v) is 2.95. The lowest BCUT2D eigenvalue weighted by atomic mass is 10.0. The minimum absolute atomic E-state index is 0.0552. The quantitative estimate of drug-likeness (QED) is 0.540. The Morgan fingerprint density at radius 2 is 1.68 bits per heavy atom. The van der Waals surface area contributed by atoms with E-state index in [1.165, 1.54) is 12.1 Å². The Hall–Kier alpha value is -0.520. The highest BCUT2D eigenvalue weighted by Gasteiger charge is 2.17. The van der Waals surface area contributed by atoms with Crippen LogP contribution in [0.15, 0.2) is 43.7 Å². The first-order valence-electron chi connectivity index (χ1n) is 5.35. The van der Waals surface area contributed by atoms with Gasteiger partial charge >= 0.3 is 0 Å². The van der Waals surface area contributed by atoms with Gasteiger partial charge in [-0.05, 0) is 42.8 Å². The maximum absolute atomic E-state index is 13.8. The molecule has 0 N–H and O–H groups in total. The molecule has 0 fully saturated rings. The Morgan fingerprint density at radius 1 is 1.00 bits per heavy atom. The molecule has 0 aliphatic rings. The third-order valence-corrected chi connectivity index (χ3v) is 4.67. The molecule has 19 heavy (non-hydrogen) atoms. The molecule has 2 aromatic rings. The lowest BCUT2D eigenvalue weighted by molar-refractivity contribution is 0.103. The Balaban J connectivity index is 2.53. The first-order chi connectivity index (χ1) is 8.90. The molecular weight excluding hydrogens is 443 g/mol. The average Bonchev–Trinajstić information content (AvgIpc) is 2.33. The van der Waals surface area contributed by atoms with Crippen LogP contribution >= 0.6 is 47.8 Å². The number of hydrogen-bond donors (Lipinski definition) is 0. The second-order valence-corrected chi connectivity index (χ2v) is 6.66. The molecule has 1 nitrogen and oxygen atoms in total. The van der Waals surface area contributed by atoms with Crippen LogP contribution in [0.5, 0.6) is 0 Å². The van der Waals surface area contributed by atoms with Gasteiger partial charge in [0.2, 0.25) is 0 Å². The van der Waals surface area contributed by atoms with Crippen LogP contribution in [-0.4, -0.2) is 5.78 Å². The molecular formula is C14H8Br3FO. The number of ketones is 1. The van der Waals surface area contributed by atoms with E-state index in [2.05, 4.69) is 47.8 Å². The van der Waals surface area contributed by atoms with E-state index < -0.39 is 5.82 Å². The number of aryl methyl sites for hydroxylation is 1. The molecule has 0 saturated heterocycles. The molecule has 0 heterocycles. The smallest absolute Gasteiger partial charge is 0.197 e. The van der Waals surface area contributed by atoms with Crippen LogP contribution in [-0.2, 0) is 0 Å². The van der Waals surface area contributed by atoms with Crippen molar-refractivity contribution in [1.82, 2.24) is 0 Å². The lowest BCUT2D eigenvalue weighted by Crippen LogP contribution is -2.05. The highest BCUT2D eigenvalue weighted by molar-refractivity contribution is 9.11. The topological polar surface area (TPSA) is 17.1 Å². The largest absolute Gasteiger partial charge is 0.288 e. The van der Waals surface area contributed by atoms with Gasteiger partial charge in [-0.3, -0.25) is 4.79 Å². The third-order valence-electron chi connectivity index (χ3n) is 2.67. The van der Waals surface area contributed by atoms with Gasteiger partial charge < -0.3 is 0 Å². The number of hydrogen-bond acceptors (Lipinski definition) is 1. The van der Waals surface area contributed by atoms with E-state index in [4.69, 9.17) is 0 Å². The minimum Gasteiger partial charge on any atom is -0.288 e. The molecule has 98 valence electrons. The number of halogens is 4. The molecule has 0 saturated carbocycles.